The third kappa shape index (κ3) is 0.509. The molecule has 2 aliphatic heterocycles. The van der Waals surface area contributed by atoms with Gasteiger partial charge in [0.1, 0.15) is 12.4 Å². The molecule has 50 valence electrons. The van der Waals surface area contributed by atoms with E-state index in [0.717, 1.165) is 26.0 Å². The van der Waals surface area contributed by atoms with Gasteiger partial charge in [-0.3, -0.25) is 0 Å². The molecule has 1 unspecified atom stereocenters. The van der Waals surface area contributed by atoms with Crippen molar-refractivity contribution in [3.63, 3.8) is 0 Å². The molecule has 0 saturated carbocycles. The van der Waals surface area contributed by atoms with Gasteiger partial charge in [-0.1, -0.05) is 0 Å². The van der Waals surface area contributed by atoms with Crippen molar-refractivity contribution in [2.75, 3.05) is 19.7 Å². The molecule has 2 saturated heterocycles. The minimum atomic E-state index is -0.112. The van der Waals surface area contributed by atoms with E-state index in [1.165, 1.54) is 0 Å². The standard InChI is InChI=1S/C6H9NO2/c8-1-5-6(4-9-5)2-7-3-6/h1,5,7H,2-4H2. The molecule has 3 heteroatoms. The van der Waals surface area contributed by atoms with Crippen molar-refractivity contribution in [3.05, 3.63) is 0 Å². The number of carbonyl (C=O) groups excluding carboxylic acids is 1. The Morgan fingerprint density at radius 1 is 1.67 bits per heavy atom. The van der Waals surface area contributed by atoms with Crippen LogP contribution in [0, 0.1) is 5.41 Å². The zero-order chi connectivity index (χ0) is 6.32. The highest BCUT2D eigenvalue weighted by molar-refractivity contribution is 5.60. The van der Waals surface area contributed by atoms with Gasteiger partial charge in [-0.15, -0.1) is 0 Å². The minimum Gasteiger partial charge on any atom is -0.369 e. The Balaban J connectivity index is 2.04. The van der Waals surface area contributed by atoms with Crippen molar-refractivity contribution in [2.45, 2.75) is 6.10 Å². The van der Waals surface area contributed by atoms with Crippen LogP contribution < -0.4 is 5.32 Å². The maximum atomic E-state index is 10.2. The molecule has 1 atom stereocenters. The molecular formula is C6H9NO2. The van der Waals surface area contributed by atoms with Gasteiger partial charge in [0.25, 0.3) is 0 Å². The Bertz CT molecular complexity index is 136. The molecule has 1 N–H and O–H groups in total. The van der Waals surface area contributed by atoms with Crippen molar-refractivity contribution in [3.8, 4) is 0 Å². The SMILES string of the molecule is O=CC1OCC12CNC2. The Labute approximate surface area is 53.4 Å². The number of nitrogens with one attached hydrogen (secondary N) is 1. The van der Waals surface area contributed by atoms with E-state index in [4.69, 9.17) is 4.74 Å². The largest absolute Gasteiger partial charge is 0.369 e. The van der Waals surface area contributed by atoms with E-state index >= 15 is 0 Å². The Morgan fingerprint density at radius 2 is 2.44 bits per heavy atom. The van der Waals surface area contributed by atoms with Crippen LogP contribution in [0.1, 0.15) is 0 Å². The quantitative estimate of drug-likeness (QED) is 0.467. The van der Waals surface area contributed by atoms with Gasteiger partial charge in [-0.25, -0.2) is 0 Å². The molecule has 9 heavy (non-hydrogen) atoms. The van der Waals surface area contributed by atoms with Gasteiger partial charge in [0.2, 0.25) is 0 Å². The summed E-state index contributed by atoms with van der Waals surface area (Å²) >= 11 is 0. The molecule has 0 aliphatic carbocycles. The molecule has 0 aromatic heterocycles. The topological polar surface area (TPSA) is 38.3 Å². The second-order valence-electron chi connectivity index (χ2n) is 2.83. The van der Waals surface area contributed by atoms with E-state index < -0.39 is 0 Å². The summed E-state index contributed by atoms with van der Waals surface area (Å²) in [4.78, 5) is 10.2. The van der Waals surface area contributed by atoms with Crippen molar-refractivity contribution in [1.82, 2.24) is 5.32 Å². The number of aldehydes is 1. The summed E-state index contributed by atoms with van der Waals surface area (Å²) in [6.45, 7) is 2.68. The molecule has 0 aromatic carbocycles. The van der Waals surface area contributed by atoms with Crippen molar-refractivity contribution < 1.29 is 9.53 Å². The first-order valence-electron chi connectivity index (χ1n) is 3.15. The lowest BCUT2D eigenvalue weighted by Gasteiger charge is -2.53. The third-order valence-electron chi connectivity index (χ3n) is 2.23. The smallest absolute Gasteiger partial charge is 0.149 e. The van der Waals surface area contributed by atoms with E-state index in [-0.39, 0.29) is 11.5 Å². The highest BCUT2D eigenvalue weighted by Crippen LogP contribution is 2.37. The lowest BCUT2D eigenvalue weighted by atomic mass is 9.73. The molecular weight excluding hydrogens is 118 g/mol. The number of rotatable bonds is 1. The molecule has 0 aromatic rings. The van der Waals surface area contributed by atoms with Crippen molar-refractivity contribution in [2.24, 2.45) is 5.41 Å². The first-order chi connectivity index (χ1) is 4.37. The molecule has 0 radical (unpaired) electrons. The second-order valence-corrected chi connectivity index (χ2v) is 2.83. The normalized spacial score (nSPS) is 37.1. The molecule has 2 heterocycles. The average Bonchev–Trinajstić information content (AvgIpc) is 1.59. The second kappa shape index (κ2) is 1.55. The van der Waals surface area contributed by atoms with Crippen LogP contribution in [0.3, 0.4) is 0 Å². The van der Waals surface area contributed by atoms with Gasteiger partial charge in [-0.05, 0) is 0 Å². The van der Waals surface area contributed by atoms with Gasteiger partial charge in [0, 0.05) is 13.1 Å². The average molecular weight is 127 g/mol. The molecule has 1 spiro atoms. The summed E-state index contributed by atoms with van der Waals surface area (Å²) in [5, 5.41) is 3.13. The van der Waals surface area contributed by atoms with Crippen molar-refractivity contribution in [1.29, 1.82) is 0 Å². The third-order valence-corrected chi connectivity index (χ3v) is 2.23. The number of carbonyl (C=O) groups is 1. The predicted octanol–water partition coefficient (Wildman–Crippen LogP) is -0.826. The van der Waals surface area contributed by atoms with Crippen LogP contribution in [0.2, 0.25) is 0 Å². The van der Waals surface area contributed by atoms with E-state index in [9.17, 15) is 4.79 Å². The van der Waals surface area contributed by atoms with Crippen LogP contribution >= 0.6 is 0 Å². The van der Waals surface area contributed by atoms with Crippen LogP contribution in [-0.4, -0.2) is 32.1 Å². The van der Waals surface area contributed by atoms with Gasteiger partial charge in [0.05, 0.1) is 12.0 Å². The lowest BCUT2D eigenvalue weighted by molar-refractivity contribution is -0.199. The fraction of sp³-hybridized carbons (Fsp3) is 0.833. The summed E-state index contributed by atoms with van der Waals surface area (Å²) in [5.74, 6) is 0. The predicted molar refractivity (Wildman–Crippen MR) is 31.1 cm³/mol. The van der Waals surface area contributed by atoms with Crippen LogP contribution in [0.4, 0.5) is 0 Å². The fourth-order valence-electron chi connectivity index (χ4n) is 1.35. The summed E-state index contributed by atoms with van der Waals surface area (Å²) in [6.07, 6.45) is 0.795. The Morgan fingerprint density at radius 3 is 2.56 bits per heavy atom. The Kier molecular flexibility index (Phi) is 0.926. The highest BCUT2D eigenvalue weighted by Gasteiger charge is 2.52. The van der Waals surface area contributed by atoms with Gasteiger partial charge in [0.15, 0.2) is 0 Å². The minimum absolute atomic E-state index is 0.112. The van der Waals surface area contributed by atoms with E-state index in [1.54, 1.807) is 0 Å². The van der Waals surface area contributed by atoms with Gasteiger partial charge < -0.3 is 14.8 Å². The summed E-state index contributed by atoms with van der Waals surface area (Å²) in [5.41, 5.74) is 0.210. The number of hydrogen-bond acceptors (Lipinski definition) is 3. The molecule has 2 fully saturated rings. The van der Waals surface area contributed by atoms with Crippen LogP contribution in [0.25, 0.3) is 0 Å². The fourth-order valence-corrected chi connectivity index (χ4v) is 1.35. The van der Waals surface area contributed by atoms with E-state index in [2.05, 4.69) is 5.32 Å². The molecule has 0 amide bonds. The number of hydrogen-bond donors (Lipinski definition) is 1. The molecule has 3 nitrogen and oxygen atoms in total. The van der Waals surface area contributed by atoms with Crippen LogP contribution in [0.5, 0.6) is 0 Å². The zero-order valence-electron chi connectivity index (χ0n) is 5.09. The lowest BCUT2D eigenvalue weighted by Crippen LogP contribution is -2.69. The monoisotopic (exact) mass is 127 g/mol. The van der Waals surface area contributed by atoms with Crippen LogP contribution in [-0.2, 0) is 9.53 Å². The van der Waals surface area contributed by atoms with E-state index in [1.807, 2.05) is 0 Å². The zero-order valence-corrected chi connectivity index (χ0v) is 5.09. The summed E-state index contributed by atoms with van der Waals surface area (Å²) in [7, 11) is 0. The maximum Gasteiger partial charge on any atom is 0.149 e. The van der Waals surface area contributed by atoms with Crippen molar-refractivity contribution >= 4 is 6.29 Å². The Hall–Kier alpha value is -0.410. The molecule has 2 aliphatic rings. The van der Waals surface area contributed by atoms with Crippen LogP contribution in [0.15, 0.2) is 0 Å². The van der Waals surface area contributed by atoms with E-state index in [0.29, 0.717) is 0 Å². The highest BCUT2D eigenvalue weighted by atomic mass is 16.5. The van der Waals surface area contributed by atoms with Gasteiger partial charge in [-0.2, -0.15) is 0 Å². The number of ether oxygens (including phenoxy) is 1. The maximum absolute atomic E-state index is 10.2. The molecule has 0 bridgehead atoms. The molecule has 2 rings (SSSR count). The van der Waals surface area contributed by atoms with Gasteiger partial charge >= 0.3 is 0 Å². The summed E-state index contributed by atoms with van der Waals surface area (Å²) in [6, 6.07) is 0. The first-order valence-corrected chi connectivity index (χ1v) is 3.15. The first kappa shape index (κ1) is 5.38. The summed E-state index contributed by atoms with van der Waals surface area (Å²) < 4.78 is 5.03.